The Hall–Kier alpha value is -0.120. The Bertz CT molecular complexity index is 214. The van der Waals surface area contributed by atoms with Crippen molar-refractivity contribution in [2.45, 2.75) is 51.7 Å². The van der Waals surface area contributed by atoms with Crippen molar-refractivity contribution < 1.29 is 4.74 Å². The number of hydrogen-bond acceptors (Lipinski definition) is 3. The highest BCUT2D eigenvalue weighted by atomic mass is 16.5. The summed E-state index contributed by atoms with van der Waals surface area (Å²) in [7, 11) is 0. The van der Waals surface area contributed by atoms with E-state index in [1.807, 2.05) is 0 Å². The van der Waals surface area contributed by atoms with Gasteiger partial charge in [-0.25, -0.2) is 0 Å². The second-order valence-electron chi connectivity index (χ2n) is 5.89. The summed E-state index contributed by atoms with van der Waals surface area (Å²) in [5, 5.41) is 3.60. The van der Waals surface area contributed by atoms with E-state index in [2.05, 4.69) is 24.1 Å². The molecule has 2 unspecified atom stereocenters. The average molecular weight is 240 g/mol. The Morgan fingerprint density at radius 2 is 2.12 bits per heavy atom. The number of ether oxygens (including phenoxy) is 1. The summed E-state index contributed by atoms with van der Waals surface area (Å²) in [6.45, 7) is 10.3. The molecule has 0 aromatic carbocycles. The van der Waals surface area contributed by atoms with E-state index in [1.54, 1.807) is 0 Å². The van der Waals surface area contributed by atoms with Crippen molar-refractivity contribution in [1.82, 2.24) is 10.2 Å². The summed E-state index contributed by atoms with van der Waals surface area (Å²) in [5.41, 5.74) is 0. The van der Waals surface area contributed by atoms with Crippen LogP contribution in [0.5, 0.6) is 0 Å². The number of nitrogens with one attached hydrogen (secondary N) is 1. The Balaban J connectivity index is 1.56. The molecule has 2 aliphatic heterocycles. The molecule has 2 atom stereocenters. The molecule has 0 aromatic rings. The van der Waals surface area contributed by atoms with E-state index in [-0.39, 0.29) is 0 Å². The Morgan fingerprint density at radius 1 is 1.24 bits per heavy atom. The number of rotatable bonds is 5. The van der Waals surface area contributed by atoms with Gasteiger partial charge in [-0.2, -0.15) is 0 Å². The van der Waals surface area contributed by atoms with Crippen molar-refractivity contribution in [2.24, 2.45) is 5.92 Å². The first-order valence-corrected chi connectivity index (χ1v) is 7.32. The molecule has 100 valence electrons. The van der Waals surface area contributed by atoms with Gasteiger partial charge in [-0.3, -0.25) is 0 Å². The van der Waals surface area contributed by atoms with Crippen LogP contribution in [0.15, 0.2) is 0 Å². The topological polar surface area (TPSA) is 24.5 Å². The van der Waals surface area contributed by atoms with Crippen LogP contribution >= 0.6 is 0 Å². The van der Waals surface area contributed by atoms with Crippen LogP contribution in [0.1, 0.15) is 39.5 Å². The van der Waals surface area contributed by atoms with Gasteiger partial charge in [0, 0.05) is 25.7 Å². The average Bonchev–Trinajstić information content (AvgIpc) is 2.79. The van der Waals surface area contributed by atoms with Crippen LogP contribution in [0, 0.1) is 5.92 Å². The van der Waals surface area contributed by atoms with Gasteiger partial charge in [0.15, 0.2) is 0 Å². The largest absolute Gasteiger partial charge is 0.377 e. The van der Waals surface area contributed by atoms with Gasteiger partial charge in [-0.05, 0) is 58.5 Å². The van der Waals surface area contributed by atoms with Gasteiger partial charge in [0.05, 0.1) is 6.10 Å². The van der Waals surface area contributed by atoms with Crippen LogP contribution < -0.4 is 5.32 Å². The van der Waals surface area contributed by atoms with Crippen molar-refractivity contribution in [1.29, 1.82) is 0 Å². The van der Waals surface area contributed by atoms with Crippen molar-refractivity contribution >= 4 is 0 Å². The van der Waals surface area contributed by atoms with Gasteiger partial charge in [-0.15, -0.1) is 0 Å². The summed E-state index contributed by atoms with van der Waals surface area (Å²) in [6, 6.07) is 0.710. The third kappa shape index (κ3) is 4.23. The molecule has 17 heavy (non-hydrogen) atoms. The summed E-state index contributed by atoms with van der Waals surface area (Å²) in [4.78, 5) is 2.59. The first-order chi connectivity index (χ1) is 8.25. The van der Waals surface area contributed by atoms with Gasteiger partial charge >= 0.3 is 0 Å². The monoisotopic (exact) mass is 240 g/mol. The molecular formula is C14H28N2O. The fraction of sp³-hybridized carbons (Fsp3) is 1.00. The molecule has 2 saturated heterocycles. The minimum absolute atomic E-state index is 0.478. The van der Waals surface area contributed by atoms with Gasteiger partial charge in [0.2, 0.25) is 0 Å². The van der Waals surface area contributed by atoms with Crippen LogP contribution in [-0.4, -0.2) is 49.8 Å². The van der Waals surface area contributed by atoms with Crippen molar-refractivity contribution in [3.63, 3.8) is 0 Å². The van der Waals surface area contributed by atoms with E-state index in [4.69, 9.17) is 4.74 Å². The van der Waals surface area contributed by atoms with Gasteiger partial charge in [0.25, 0.3) is 0 Å². The second kappa shape index (κ2) is 6.72. The highest BCUT2D eigenvalue weighted by Gasteiger charge is 2.24. The quantitative estimate of drug-likeness (QED) is 0.794. The third-order valence-electron chi connectivity index (χ3n) is 4.13. The smallest absolute Gasteiger partial charge is 0.0699 e. The normalized spacial score (nSPS) is 31.2. The zero-order valence-electron chi connectivity index (χ0n) is 11.5. The molecule has 0 saturated carbocycles. The molecule has 2 aliphatic rings. The predicted octanol–water partition coefficient (Wildman–Crippen LogP) is 1.88. The molecule has 2 fully saturated rings. The molecule has 0 aromatic heterocycles. The maximum atomic E-state index is 5.73. The lowest BCUT2D eigenvalue weighted by Gasteiger charge is -2.24. The Kier molecular flexibility index (Phi) is 5.26. The summed E-state index contributed by atoms with van der Waals surface area (Å²) in [6.07, 6.45) is 5.68. The van der Waals surface area contributed by atoms with E-state index >= 15 is 0 Å². The van der Waals surface area contributed by atoms with Crippen LogP contribution in [0.4, 0.5) is 0 Å². The minimum Gasteiger partial charge on any atom is -0.377 e. The Morgan fingerprint density at radius 3 is 2.76 bits per heavy atom. The fourth-order valence-corrected chi connectivity index (χ4v) is 2.92. The first-order valence-electron chi connectivity index (χ1n) is 7.32. The highest BCUT2D eigenvalue weighted by molar-refractivity contribution is 4.79. The van der Waals surface area contributed by atoms with Crippen molar-refractivity contribution in [2.75, 3.05) is 32.8 Å². The number of nitrogens with zero attached hydrogens (tertiary/aromatic N) is 1. The summed E-state index contributed by atoms with van der Waals surface area (Å²) in [5.74, 6) is 0.848. The van der Waals surface area contributed by atoms with Crippen LogP contribution in [0.3, 0.4) is 0 Å². The van der Waals surface area contributed by atoms with Crippen LogP contribution in [-0.2, 0) is 4.74 Å². The van der Waals surface area contributed by atoms with E-state index < -0.39 is 0 Å². The molecule has 1 N–H and O–H groups in total. The molecule has 0 amide bonds. The van der Waals surface area contributed by atoms with E-state index in [9.17, 15) is 0 Å². The van der Waals surface area contributed by atoms with Gasteiger partial charge in [-0.1, -0.05) is 0 Å². The zero-order valence-corrected chi connectivity index (χ0v) is 11.5. The van der Waals surface area contributed by atoms with E-state index in [1.165, 1.54) is 45.3 Å². The standard InChI is InChI=1S/C14H28N2O/c1-12(2)16-7-6-13(11-16)9-15-10-14-5-3-4-8-17-14/h12-15H,3-11H2,1-2H3. The van der Waals surface area contributed by atoms with Crippen LogP contribution in [0.2, 0.25) is 0 Å². The SMILES string of the molecule is CC(C)N1CCC(CNCC2CCCCO2)C1. The molecule has 2 rings (SSSR count). The van der Waals surface area contributed by atoms with E-state index in [0.29, 0.717) is 12.1 Å². The summed E-state index contributed by atoms with van der Waals surface area (Å²) < 4.78 is 5.73. The molecule has 0 spiro atoms. The maximum absolute atomic E-state index is 5.73. The molecule has 3 heteroatoms. The molecule has 0 aliphatic carbocycles. The highest BCUT2D eigenvalue weighted by Crippen LogP contribution is 2.18. The van der Waals surface area contributed by atoms with Crippen molar-refractivity contribution in [3.05, 3.63) is 0 Å². The van der Waals surface area contributed by atoms with Gasteiger partial charge in [0.1, 0.15) is 0 Å². The minimum atomic E-state index is 0.478. The third-order valence-corrected chi connectivity index (χ3v) is 4.13. The molecule has 2 heterocycles. The number of hydrogen-bond donors (Lipinski definition) is 1. The fourth-order valence-electron chi connectivity index (χ4n) is 2.92. The molecule has 0 radical (unpaired) electrons. The molecular weight excluding hydrogens is 212 g/mol. The second-order valence-corrected chi connectivity index (χ2v) is 5.89. The van der Waals surface area contributed by atoms with E-state index in [0.717, 1.165) is 19.1 Å². The lowest BCUT2D eigenvalue weighted by atomic mass is 10.1. The summed E-state index contributed by atoms with van der Waals surface area (Å²) >= 11 is 0. The zero-order chi connectivity index (χ0) is 12.1. The lowest BCUT2D eigenvalue weighted by Crippen LogP contribution is -2.35. The maximum Gasteiger partial charge on any atom is 0.0699 e. The number of likely N-dealkylation sites (tertiary alicyclic amines) is 1. The molecule has 0 bridgehead atoms. The van der Waals surface area contributed by atoms with Gasteiger partial charge < -0.3 is 15.0 Å². The first kappa shape index (κ1) is 13.3. The van der Waals surface area contributed by atoms with Crippen molar-refractivity contribution in [3.8, 4) is 0 Å². The molecule has 3 nitrogen and oxygen atoms in total. The lowest BCUT2D eigenvalue weighted by molar-refractivity contribution is 0.0165. The van der Waals surface area contributed by atoms with Crippen LogP contribution in [0.25, 0.3) is 0 Å². The Labute approximate surface area is 106 Å². The predicted molar refractivity (Wildman–Crippen MR) is 71.3 cm³/mol.